The van der Waals surface area contributed by atoms with Gasteiger partial charge in [-0.1, -0.05) is 34.1 Å². The molecule has 1 aromatic carbocycles. The van der Waals surface area contributed by atoms with Gasteiger partial charge in [0.2, 0.25) is 0 Å². The number of rotatable bonds is 2. The van der Waals surface area contributed by atoms with Gasteiger partial charge in [-0.2, -0.15) is 0 Å². The lowest BCUT2D eigenvalue weighted by molar-refractivity contribution is 0.909. The first-order valence-electron chi connectivity index (χ1n) is 5.06. The Kier molecular flexibility index (Phi) is 3.79. The lowest BCUT2D eigenvalue weighted by Gasteiger charge is -2.05. The Hall–Kier alpha value is -0.940. The normalized spacial score (nSPS) is 10.5. The van der Waals surface area contributed by atoms with Crippen molar-refractivity contribution < 1.29 is 0 Å². The fraction of sp³-hybridized carbons (Fsp3) is 0.167. The highest BCUT2D eigenvalue weighted by molar-refractivity contribution is 9.10. The number of benzene rings is 1. The second-order valence-electron chi connectivity index (χ2n) is 3.68. The summed E-state index contributed by atoms with van der Waals surface area (Å²) in [6, 6.07) is 7.89. The second-order valence-corrected chi connectivity index (χ2v) is 5.33. The fourth-order valence-electron chi connectivity index (χ4n) is 1.54. The quantitative estimate of drug-likeness (QED) is 0.897. The van der Waals surface area contributed by atoms with Crippen LogP contribution in [0.1, 0.15) is 17.1 Å². The van der Waals surface area contributed by atoms with Crippen LogP contribution in [-0.4, -0.2) is 9.97 Å². The average Bonchev–Trinajstić information content (AvgIpc) is 2.29. The first-order chi connectivity index (χ1) is 8.08. The molecule has 3 nitrogen and oxygen atoms in total. The number of aromatic amines is 1. The third kappa shape index (κ3) is 2.84. The van der Waals surface area contributed by atoms with Crippen LogP contribution < -0.4 is 5.56 Å². The molecule has 88 valence electrons. The molecule has 1 aromatic heterocycles. The first-order valence-corrected chi connectivity index (χ1v) is 6.65. The Morgan fingerprint density at radius 2 is 2.00 bits per heavy atom. The number of aromatic nitrogens is 2. The molecule has 17 heavy (non-hydrogen) atoms. The fourth-order valence-corrected chi connectivity index (χ4v) is 2.15. The van der Waals surface area contributed by atoms with E-state index >= 15 is 0 Å². The number of nitrogens with zero attached hydrogens (tertiary/aromatic N) is 1. The summed E-state index contributed by atoms with van der Waals surface area (Å²) < 4.78 is 1.51. The number of aryl methyl sites for hydroxylation is 1. The van der Waals surface area contributed by atoms with Gasteiger partial charge in [-0.15, -0.1) is 0 Å². The minimum absolute atomic E-state index is 0.139. The van der Waals surface area contributed by atoms with Crippen molar-refractivity contribution in [1.29, 1.82) is 0 Å². The van der Waals surface area contributed by atoms with E-state index in [1.165, 1.54) is 0 Å². The molecule has 0 saturated heterocycles. The van der Waals surface area contributed by atoms with E-state index < -0.39 is 0 Å². The van der Waals surface area contributed by atoms with Crippen LogP contribution in [0.15, 0.2) is 38.0 Å². The lowest BCUT2D eigenvalue weighted by atomic mass is 10.1. The summed E-state index contributed by atoms with van der Waals surface area (Å²) in [5, 5.41) is 0. The van der Waals surface area contributed by atoms with Gasteiger partial charge in [-0.3, -0.25) is 4.79 Å². The summed E-state index contributed by atoms with van der Waals surface area (Å²) in [5.41, 5.74) is 1.66. The van der Waals surface area contributed by atoms with Gasteiger partial charge in [0.05, 0.1) is 5.69 Å². The van der Waals surface area contributed by atoms with Crippen LogP contribution in [0.3, 0.4) is 0 Å². The van der Waals surface area contributed by atoms with Crippen LogP contribution in [-0.2, 0) is 6.42 Å². The molecule has 1 N–H and O–H groups in total. The first kappa shape index (κ1) is 12.5. The molecular formula is C12H10Br2N2O. The average molecular weight is 358 g/mol. The third-order valence-electron chi connectivity index (χ3n) is 2.39. The highest BCUT2D eigenvalue weighted by Gasteiger charge is 2.07. The molecule has 0 aliphatic heterocycles. The molecule has 0 unspecified atom stereocenters. The van der Waals surface area contributed by atoms with Crippen molar-refractivity contribution in [3.05, 3.63) is 60.6 Å². The van der Waals surface area contributed by atoms with Crippen LogP contribution in [0.4, 0.5) is 0 Å². The van der Waals surface area contributed by atoms with Crippen LogP contribution in [0.25, 0.3) is 0 Å². The van der Waals surface area contributed by atoms with Gasteiger partial charge < -0.3 is 4.98 Å². The van der Waals surface area contributed by atoms with Crippen molar-refractivity contribution in [1.82, 2.24) is 9.97 Å². The largest absolute Gasteiger partial charge is 0.309 e. The Labute approximate surface area is 116 Å². The third-order valence-corrected chi connectivity index (χ3v) is 4.10. The Morgan fingerprint density at radius 1 is 1.29 bits per heavy atom. The molecular weight excluding hydrogens is 348 g/mol. The SMILES string of the molecule is Cc1nc(Cc2ccccc2Br)[nH]c(=O)c1Br. The van der Waals surface area contributed by atoms with Gasteiger partial charge in [-0.25, -0.2) is 4.98 Å². The minimum Gasteiger partial charge on any atom is -0.309 e. The standard InChI is InChI=1S/C12H10Br2N2O/c1-7-11(14)12(17)16-10(15-7)6-8-4-2-3-5-9(8)13/h2-5H,6H2,1H3,(H,15,16,17). The molecule has 0 atom stereocenters. The van der Waals surface area contributed by atoms with Crippen molar-refractivity contribution >= 4 is 31.9 Å². The van der Waals surface area contributed by atoms with E-state index in [9.17, 15) is 4.79 Å². The van der Waals surface area contributed by atoms with E-state index in [1.807, 2.05) is 31.2 Å². The van der Waals surface area contributed by atoms with Gasteiger partial charge in [0.1, 0.15) is 10.3 Å². The Morgan fingerprint density at radius 3 is 2.65 bits per heavy atom. The molecule has 5 heteroatoms. The van der Waals surface area contributed by atoms with E-state index in [0.29, 0.717) is 22.4 Å². The molecule has 0 aliphatic carbocycles. The smallest absolute Gasteiger partial charge is 0.265 e. The van der Waals surface area contributed by atoms with Crippen LogP contribution in [0.5, 0.6) is 0 Å². The van der Waals surface area contributed by atoms with Gasteiger partial charge in [0.15, 0.2) is 0 Å². The number of nitrogens with one attached hydrogen (secondary N) is 1. The predicted molar refractivity (Wildman–Crippen MR) is 74.2 cm³/mol. The number of hydrogen-bond donors (Lipinski definition) is 1. The topological polar surface area (TPSA) is 45.8 Å². The zero-order chi connectivity index (χ0) is 12.4. The van der Waals surface area contributed by atoms with Gasteiger partial charge >= 0.3 is 0 Å². The Balaban J connectivity index is 2.38. The molecule has 1 heterocycles. The maximum absolute atomic E-state index is 11.6. The summed E-state index contributed by atoms with van der Waals surface area (Å²) in [5.74, 6) is 0.669. The number of hydrogen-bond acceptors (Lipinski definition) is 2. The summed E-state index contributed by atoms with van der Waals surface area (Å²) in [7, 11) is 0. The van der Waals surface area contributed by atoms with E-state index in [-0.39, 0.29) is 5.56 Å². The van der Waals surface area contributed by atoms with Crippen LogP contribution in [0, 0.1) is 6.92 Å². The van der Waals surface area contributed by atoms with Gasteiger partial charge in [-0.05, 0) is 34.5 Å². The van der Waals surface area contributed by atoms with E-state index in [2.05, 4.69) is 41.8 Å². The summed E-state index contributed by atoms with van der Waals surface area (Å²) in [6.07, 6.45) is 0.602. The summed E-state index contributed by atoms with van der Waals surface area (Å²) in [4.78, 5) is 18.7. The molecule has 0 amide bonds. The molecule has 0 fully saturated rings. The highest BCUT2D eigenvalue weighted by Crippen LogP contribution is 2.18. The van der Waals surface area contributed by atoms with Crippen molar-refractivity contribution in [2.75, 3.05) is 0 Å². The van der Waals surface area contributed by atoms with Crippen molar-refractivity contribution in [3.63, 3.8) is 0 Å². The predicted octanol–water partition coefficient (Wildman–Crippen LogP) is 3.19. The Bertz CT molecular complexity index is 608. The van der Waals surface area contributed by atoms with Crippen molar-refractivity contribution in [2.24, 2.45) is 0 Å². The van der Waals surface area contributed by atoms with E-state index in [4.69, 9.17) is 0 Å². The number of H-pyrrole nitrogens is 1. The zero-order valence-electron chi connectivity index (χ0n) is 9.13. The van der Waals surface area contributed by atoms with E-state index in [0.717, 1.165) is 10.0 Å². The van der Waals surface area contributed by atoms with Crippen LogP contribution in [0.2, 0.25) is 0 Å². The van der Waals surface area contributed by atoms with Gasteiger partial charge in [0.25, 0.3) is 5.56 Å². The molecule has 2 rings (SSSR count). The maximum Gasteiger partial charge on any atom is 0.265 e. The molecule has 0 bridgehead atoms. The zero-order valence-corrected chi connectivity index (χ0v) is 12.3. The minimum atomic E-state index is -0.139. The highest BCUT2D eigenvalue weighted by atomic mass is 79.9. The monoisotopic (exact) mass is 356 g/mol. The number of halogens is 2. The van der Waals surface area contributed by atoms with Crippen molar-refractivity contribution in [2.45, 2.75) is 13.3 Å². The second kappa shape index (κ2) is 5.14. The molecule has 0 spiro atoms. The molecule has 0 saturated carbocycles. The maximum atomic E-state index is 11.6. The van der Waals surface area contributed by atoms with E-state index in [1.54, 1.807) is 0 Å². The molecule has 0 radical (unpaired) electrons. The summed E-state index contributed by atoms with van der Waals surface area (Å²) in [6.45, 7) is 1.81. The van der Waals surface area contributed by atoms with Crippen molar-refractivity contribution in [3.8, 4) is 0 Å². The van der Waals surface area contributed by atoms with Crippen LogP contribution >= 0.6 is 31.9 Å². The lowest BCUT2D eigenvalue weighted by Crippen LogP contribution is -2.14. The van der Waals surface area contributed by atoms with Gasteiger partial charge in [0, 0.05) is 10.9 Å². The summed E-state index contributed by atoms with van der Waals surface area (Å²) >= 11 is 6.67. The molecule has 2 aromatic rings. The molecule has 0 aliphatic rings.